The van der Waals surface area contributed by atoms with Crippen LogP contribution in [0.5, 0.6) is 0 Å². The molecule has 0 aliphatic rings. The van der Waals surface area contributed by atoms with Crippen LogP contribution in [0.25, 0.3) is 11.3 Å². The number of amides is 1. The summed E-state index contributed by atoms with van der Waals surface area (Å²) >= 11 is 0. The van der Waals surface area contributed by atoms with Crippen molar-refractivity contribution in [2.24, 2.45) is 0 Å². The van der Waals surface area contributed by atoms with Crippen molar-refractivity contribution in [3.05, 3.63) is 36.4 Å². The molecule has 0 aliphatic heterocycles. The van der Waals surface area contributed by atoms with Crippen molar-refractivity contribution >= 4 is 17.6 Å². The standard InChI is InChI=1S/C16H15F3N2O4/c17-16(18,19)15(24)21-11-6-2-1-5-10(11)12-9-25-13(20-12)7-3-4-8-14(22)23/h1-2,5-6,9H,3-4,7-8H2,(H,21,24)(H,22,23). The minimum Gasteiger partial charge on any atom is -0.481 e. The molecule has 2 N–H and O–H groups in total. The summed E-state index contributed by atoms with van der Waals surface area (Å²) in [7, 11) is 0. The first-order valence-corrected chi connectivity index (χ1v) is 7.41. The highest BCUT2D eigenvalue weighted by molar-refractivity contribution is 5.98. The number of aliphatic carboxylic acids is 1. The van der Waals surface area contributed by atoms with E-state index < -0.39 is 18.1 Å². The van der Waals surface area contributed by atoms with Gasteiger partial charge in [-0.15, -0.1) is 0 Å². The number of hydrogen-bond donors (Lipinski definition) is 2. The molecule has 0 bridgehead atoms. The highest BCUT2D eigenvalue weighted by Crippen LogP contribution is 2.29. The highest BCUT2D eigenvalue weighted by Gasteiger charge is 2.39. The number of aryl methyl sites for hydroxylation is 1. The van der Waals surface area contributed by atoms with Crippen LogP contribution in [0.2, 0.25) is 0 Å². The first kappa shape index (κ1) is 18.5. The minimum atomic E-state index is -4.99. The normalized spacial score (nSPS) is 11.3. The summed E-state index contributed by atoms with van der Waals surface area (Å²) in [5.74, 6) is -2.61. The number of hydrogen-bond acceptors (Lipinski definition) is 4. The maximum Gasteiger partial charge on any atom is 0.471 e. The molecule has 0 saturated carbocycles. The molecular weight excluding hydrogens is 341 g/mol. The molecule has 0 saturated heterocycles. The van der Waals surface area contributed by atoms with Crippen molar-refractivity contribution in [1.82, 2.24) is 4.98 Å². The Balaban J connectivity index is 2.09. The van der Waals surface area contributed by atoms with Gasteiger partial charge in [-0.05, 0) is 18.9 Å². The second-order valence-electron chi connectivity index (χ2n) is 5.22. The molecule has 0 radical (unpaired) electrons. The van der Waals surface area contributed by atoms with Crippen LogP contribution in [-0.2, 0) is 16.0 Å². The van der Waals surface area contributed by atoms with Crippen LogP contribution in [0, 0.1) is 0 Å². The second-order valence-corrected chi connectivity index (χ2v) is 5.22. The summed E-state index contributed by atoms with van der Waals surface area (Å²) in [5, 5.41) is 10.4. The SMILES string of the molecule is O=C(O)CCCCc1nc(-c2ccccc2NC(=O)C(F)(F)F)co1. The summed E-state index contributed by atoms with van der Waals surface area (Å²) in [5.41, 5.74) is 0.544. The fourth-order valence-corrected chi connectivity index (χ4v) is 2.11. The third-order valence-electron chi connectivity index (χ3n) is 3.29. The van der Waals surface area contributed by atoms with Crippen molar-refractivity contribution in [2.75, 3.05) is 5.32 Å². The van der Waals surface area contributed by atoms with Crippen LogP contribution in [0.1, 0.15) is 25.2 Å². The molecule has 0 fully saturated rings. The second kappa shape index (κ2) is 7.82. The van der Waals surface area contributed by atoms with Crippen LogP contribution in [0.4, 0.5) is 18.9 Å². The van der Waals surface area contributed by atoms with Crippen molar-refractivity contribution in [3.8, 4) is 11.3 Å². The number of carboxylic acids is 1. The van der Waals surface area contributed by atoms with Gasteiger partial charge in [-0.3, -0.25) is 9.59 Å². The summed E-state index contributed by atoms with van der Waals surface area (Å²) in [6, 6.07) is 5.93. The number of unbranched alkanes of at least 4 members (excludes halogenated alkanes) is 1. The number of carbonyl (C=O) groups is 2. The van der Waals surface area contributed by atoms with E-state index in [-0.39, 0.29) is 17.8 Å². The Bertz CT molecular complexity index is 756. The first-order chi connectivity index (χ1) is 11.8. The van der Waals surface area contributed by atoms with E-state index in [4.69, 9.17) is 9.52 Å². The van der Waals surface area contributed by atoms with Gasteiger partial charge in [0.2, 0.25) is 0 Å². The quantitative estimate of drug-likeness (QED) is 0.739. The van der Waals surface area contributed by atoms with Crippen molar-refractivity contribution in [1.29, 1.82) is 0 Å². The van der Waals surface area contributed by atoms with Gasteiger partial charge < -0.3 is 14.8 Å². The van der Waals surface area contributed by atoms with E-state index in [9.17, 15) is 22.8 Å². The molecule has 134 valence electrons. The molecule has 0 atom stereocenters. The van der Waals surface area contributed by atoms with Gasteiger partial charge in [0.25, 0.3) is 0 Å². The van der Waals surface area contributed by atoms with E-state index >= 15 is 0 Å². The van der Waals surface area contributed by atoms with Crippen molar-refractivity contribution in [3.63, 3.8) is 0 Å². The molecule has 25 heavy (non-hydrogen) atoms. The molecule has 9 heteroatoms. The third-order valence-corrected chi connectivity index (χ3v) is 3.29. The van der Waals surface area contributed by atoms with Crippen LogP contribution in [0.3, 0.4) is 0 Å². The number of para-hydroxylation sites is 1. The lowest BCUT2D eigenvalue weighted by Gasteiger charge is -2.10. The van der Waals surface area contributed by atoms with Crippen LogP contribution in [-0.4, -0.2) is 28.1 Å². The lowest BCUT2D eigenvalue weighted by atomic mass is 10.1. The molecule has 0 spiro atoms. The van der Waals surface area contributed by atoms with Gasteiger partial charge in [-0.2, -0.15) is 13.2 Å². The number of alkyl halides is 3. The molecule has 0 aliphatic carbocycles. The van der Waals surface area contributed by atoms with Gasteiger partial charge >= 0.3 is 18.1 Å². The third kappa shape index (κ3) is 5.33. The van der Waals surface area contributed by atoms with Gasteiger partial charge in [0.05, 0.1) is 5.69 Å². The van der Waals surface area contributed by atoms with Crippen LogP contribution in [0.15, 0.2) is 34.9 Å². The number of rotatable bonds is 7. The smallest absolute Gasteiger partial charge is 0.471 e. The zero-order valence-corrected chi connectivity index (χ0v) is 13.0. The van der Waals surface area contributed by atoms with E-state index in [1.54, 1.807) is 6.07 Å². The number of nitrogens with zero attached hydrogens (tertiary/aromatic N) is 1. The monoisotopic (exact) mass is 356 g/mol. The van der Waals surface area contributed by atoms with Crippen LogP contribution >= 0.6 is 0 Å². The number of nitrogens with one attached hydrogen (secondary N) is 1. The largest absolute Gasteiger partial charge is 0.481 e. The van der Waals surface area contributed by atoms with E-state index in [0.717, 1.165) is 0 Å². The number of carbonyl (C=O) groups excluding carboxylic acids is 1. The first-order valence-electron chi connectivity index (χ1n) is 7.41. The number of carboxylic acid groups (broad SMARTS) is 1. The molecule has 1 aromatic carbocycles. The Morgan fingerprint density at radius 3 is 2.60 bits per heavy atom. The lowest BCUT2D eigenvalue weighted by molar-refractivity contribution is -0.167. The molecular formula is C16H15F3N2O4. The number of aromatic nitrogens is 1. The topological polar surface area (TPSA) is 92.4 Å². The number of halogens is 3. The van der Waals surface area contributed by atoms with Gasteiger partial charge in [0.15, 0.2) is 5.89 Å². The van der Waals surface area contributed by atoms with Gasteiger partial charge in [-0.1, -0.05) is 18.2 Å². The Morgan fingerprint density at radius 2 is 1.92 bits per heavy atom. The fraction of sp³-hybridized carbons (Fsp3) is 0.312. The molecule has 1 aromatic heterocycles. The number of anilines is 1. The van der Waals surface area contributed by atoms with E-state index in [0.29, 0.717) is 30.7 Å². The van der Waals surface area contributed by atoms with Crippen molar-refractivity contribution in [2.45, 2.75) is 31.9 Å². The fourth-order valence-electron chi connectivity index (χ4n) is 2.11. The van der Waals surface area contributed by atoms with E-state index in [1.165, 1.54) is 24.5 Å². The number of benzene rings is 1. The molecule has 1 amide bonds. The zero-order chi connectivity index (χ0) is 18.4. The molecule has 2 aromatic rings. The molecule has 2 rings (SSSR count). The Hall–Kier alpha value is -2.84. The highest BCUT2D eigenvalue weighted by atomic mass is 19.4. The minimum absolute atomic E-state index is 0.0319. The predicted octanol–water partition coefficient (Wildman–Crippen LogP) is 3.64. The summed E-state index contributed by atoms with van der Waals surface area (Å²) < 4.78 is 42.5. The average molecular weight is 356 g/mol. The maximum atomic E-state index is 12.4. The molecule has 6 nitrogen and oxygen atoms in total. The summed E-state index contributed by atoms with van der Waals surface area (Å²) in [6.07, 6.45) is -2.24. The predicted molar refractivity (Wildman–Crippen MR) is 81.8 cm³/mol. The molecule has 1 heterocycles. The van der Waals surface area contributed by atoms with Gasteiger partial charge in [0, 0.05) is 18.4 Å². The van der Waals surface area contributed by atoms with Crippen molar-refractivity contribution < 1.29 is 32.3 Å². The Morgan fingerprint density at radius 1 is 1.20 bits per heavy atom. The Kier molecular flexibility index (Phi) is 5.79. The van der Waals surface area contributed by atoms with Gasteiger partial charge in [0.1, 0.15) is 12.0 Å². The van der Waals surface area contributed by atoms with E-state index in [2.05, 4.69) is 4.98 Å². The summed E-state index contributed by atoms with van der Waals surface area (Å²) in [6.45, 7) is 0. The zero-order valence-electron chi connectivity index (χ0n) is 13.0. The maximum absolute atomic E-state index is 12.4. The number of oxazole rings is 1. The Labute approximate surface area is 140 Å². The average Bonchev–Trinajstić information content (AvgIpc) is 2.99. The lowest BCUT2D eigenvalue weighted by Crippen LogP contribution is -2.30. The van der Waals surface area contributed by atoms with E-state index in [1.807, 2.05) is 5.32 Å². The summed E-state index contributed by atoms with van der Waals surface area (Å²) in [4.78, 5) is 25.7. The molecule has 0 unspecified atom stereocenters. The van der Waals surface area contributed by atoms with Crippen LogP contribution < -0.4 is 5.32 Å². The van der Waals surface area contributed by atoms with Gasteiger partial charge in [-0.25, -0.2) is 4.98 Å².